The Morgan fingerprint density at radius 1 is 1.04 bits per heavy atom. The highest BCUT2D eigenvalue weighted by Crippen LogP contribution is 2.23. The van der Waals surface area contributed by atoms with Gasteiger partial charge in [0.1, 0.15) is 10.8 Å². The minimum atomic E-state index is -3.69. The summed E-state index contributed by atoms with van der Waals surface area (Å²) in [5.41, 5.74) is 2.18. The van der Waals surface area contributed by atoms with Gasteiger partial charge in [-0.05, 0) is 24.6 Å². The number of carbonyl (C=O) groups excluding carboxylic acids is 1. The Bertz CT molecular complexity index is 1030. The normalized spacial score (nSPS) is 11.3. The topological polar surface area (TPSA) is 89.0 Å². The van der Waals surface area contributed by atoms with E-state index in [0.717, 1.165) is 16.3 Å². The van der Waals surface area contributed by atoms with Gasteiger partial charge >= 0.3 is 0 Å². The molecule has 0 aliphatic rings. The molecule has 146 valence electrons. The van der Waals surface area contributed by atoms with Gasteiger partial charge in [-0.1, -0.05) is 59.4 Å². The Kier molecular flexibility index (Phi) is 6.82. The Balaban J connectivity index is 1.51. The summed E-state index contributed by atoms with van der Waals surface area (Å²) in [5.74, 6) is 0.273. The van der Waals surface area contributed by atoms with Crippen molar-refractivity contribution >= 4 is 44.0 Å². The van der Waals surface area contributed by atoms with Crippen LogP contribution in [0.5, 0.6) is 0 Å². The molecule has 1 heterocycles. The van der Waals surface area contributed by atoms with Crippen LogP contribution in [0.2, 0.25) is 0 Å². The molecule has 0 atom stereocenters. The summed E-state index contributed by atoms with van der Waals surface area (Å²) in [5, 5.41) is 11.6. The maximum Gasteiger partial charge on any atom is 0.241 e. The molecule has 0 unspecified atom stereocenters. The molecule has 0 fully saturated rings. The molecule has 1 N–H and O–H groups in total. The average molecular weight is 434 g/mol. The van der Waals surface area contributed by atoms with E-state index in [1.54, 1.807) is 23.9 Å². The van der Waals surface area contributed by atoms with Gasteiger partial charge in [0.25, 0.3) is 0 Å². The van der Waals surface area contributed by atoms with Crippen molar-refractivity contribution in [2.45, 2.75) is 23.3 Å². The number of hydrogen-bond donors (Lipinski definition) is 1. The first-order chi connectivity index (χ1) is 13.4. The zero-order valence-electron chi connectivity index (χ0n) is 15.2. The lowest BCUT2D eigenvalue weighted by Gasteiger charge is -2.04. The van der Waals surface area contributed by atoms with Crippen molar-refractivity contribution in [3.8, 4) is 0 Å². The molecular formula is C19H19N3O3S3. The molecule has 0 saturated carbocycles. The molecule has 0 spiro atoms. The van der Waals surface area contributed by atoms with E-state index in [1.807, 2.05) is 25.1 Å². The fraction of sp³-hybridized carbons (Fsp3) is 0.211. The first kappa shape index (κ1) is 20.5. The SMILES string of the molecule is Cc1ccc(S(=O)(=O)CC(=O)Nc2nnc(CSCc3ccccc3)s2)cc1. The highest BCUT2D eigenvalue weighted by molar-refractivity contribution is 7.97. The summed E-state index contributed by atoms with van der Waals surface area (Å²) in [7, 11) is -3.69. The number of aryl methyl sites for hydroxylation is 1. The van der Waals surface area contributed by atoms with Crippen molar-refractivity contribution in [2.24, 2.45) is 0 Å². The van der Waals surface area contributed by atoms with Crippen LogP contribution in [0.3, 0.4) is 0 Å². The maximum atomic E-state index is 12.3. The lowest BCUT2D eigenvalue weighted by molar-refractivity contribution is -0.113. The fourth-order valence-electron chi connectivity index (χ4n) is 2.35. The van der Waals surface area contributed by atoms with Gasteiger partial charge in [0, 0.05) is 11.5 Å². The van der Waals surface area contributed by atoms with Crippen molar-refractivity contribution in [2.75, 3.05) is 11.1 Å². The Morgan fingerprint density at radius 2 is 1.75 bits per heavy atom. The molecule has 0 bridgehead atoms. The number of thioether (sulfide) groups is 1. The molecule has 6 nitrogen and oxygen atoms in total. The van der Waals surface area contributed by atoms with Crippen LogP contribution in [0.1, 0.15) is 16.1 Å². The molecule has 3 rings (SSSR count). The van der Waals surface area contributed by atoms with Gasteiger partial charge in [-0.25, -0.2) is 8.42 Å². The summed E-state index contributed by atoms with van der Waals surface area (Å²) in [6, 6.07) is 16.5. The van der Waals surface area contributed by atoms with E-state index in [-0.39, 0.29) is 4.90 Å². The molecule has 0 saturated heterocycles. The van der Waals surface area contributed by atoms with E-state index in [4.69, 9.17) is 0 Å². The summed E-state index contributed by atoms with van der Waals surface area (Å²) >= 11 is 2.95. The summed E-state index contributed by atoms with van der Waals surface area (Å²) < 4.78 is 24.7. The molecule has 0 aliphatic carbocycles. The smallest absolute Gasteiger partial charge is 0.241 e. The minimum Gasteiger partial charge on any atom is -0.300 e. The average Bonchev–Trinajstić information content (AvgIpc) is 3.09. The van der Waals surface area contributed by atoms with Crippen LogP contribution in [0.25, 0.3) is 0 Å². The second-order valence-electron chi connectivity index (χ2n) is 6.10. The largest absolute Gasteiger partial charge is 0.300 e. The molecule has 28 heavy (non-hydrogen) atoms. The predicted molar refractivity (Wildman–Crippen MR) is 113 cm³/mol. The molecule has 9 heteroatoms. The number of amides is 1. The highest BCUT2D eigenvalue weighted by Gasteiger charge is 2.20. The fourth-order valence-corrected chi connectivity index (χ4v) is 5.28. The van der Waals surface area contributed by atoms with Crippen molar-refractivity contribution < 1.29 is 13.2 Å². The van der Waals surface area contributed by atoms with E-state index in [9.17, 15) is 13.2 Å². The third-order valence-electron chi connectivity index (χ3n) is 3.75. The standard InChI is InChI=1S/C19H19N3O3S3/c1-14-7-9-16(10-8-14)28(24,25)13-17(23)20-19-22-21-18(27-19)12-26-11-15-5-3-2-4-6-15/h2-10H,11-13H2,1H3,(H,20,22,23). The maximum absolute atomic E-state index is 12.3. The second kappa shape index (κ2) is 9.31. The monoisotopic (exact) mass is 433 g/mol. The zero-order valence-corrected chi connectivity index (χ0v) is 17.6. The molecule has 1 amide bonds. The number of anilines is 1. The summed E-state index contributed by atoms with van der Waals surface area (Å²) in [4.78, 5) is 12.2. The number of nitrogens with one attached hydrogen (secondary N) is 1. The van der Waals surface area contributed by atoms with Gasteiger partial charge in [0.15, 0.2) is 9.84 Å². The van der Waals surface area contributed by atoms with Crippen LogP contribution in [0, 0.1) is 6.92 Å². The van der Waals surface area contributed by atoms with E-state index < -0.39 is 21.5 Å². The molecule has 3 aromatic rings. The quantitative estimate of drug-likeness (QED) is 0.583. The van der Waals surface area contributed by atoms with E-state index in [2.05, 4.69) is 27.6 Å². The zero-order chi connectivity index (χ0) is 20.0. The first-order valence-corrected chi connectivity index (χ1v) is 12.1. The number of rotatable bonds is 8. The predicted octanol–water partition coefficient (Wildman–Crippen LogP) is 3.69. The van der Waals surface area contributed by atoms with Crippen molar-refractivity contribution in [3.63, 3.8) is 0 Å². The van der Waals surface area contributed by atoms with Crippen molar-refractivity contribution in [3.05, 3.63) is 70.7 Å². The van der Waals surface area contributed by atoms with Crippen LogP contribution >= 0.6 is 23.1 Å². The number of nitrogens with zero attached hydrogens (tertiary/aromatic N) is 2. The Labute approximate surface area is 172 Å². The lowest BCUT2D eigenvalue weighted by atomic mass is 10.2. The molecule has 0 radical (unpaired) electrons. The van der Waals surface area contributed by atoms with Crippen molar-refractivity contribution in [1.82, 2.24) is 10.2 Å². The number of benzene rings is 2. The second-order valence-corrected chi connectivity index (χ2v) is 10.1. The van der Waals surface area contributed by atoms with Gasteiger partial charge in [-0.3, -0.25) is 10.1 Å². The first-order valence-electron chi connectivity index (χ1n) is 8.46. The Hall–Kier alpha value is -2.23. The van der Waals surface area contributed by atoms with E-state index in [1.165, 1.54) is 29.0 Å². The third kappa shape index (κ3) is 5.88. The molecule has 2 aromatic carbocycles. The number of carbonyl (C=O) groups is 1. The Morgan fingerprint density at radius 3 is 2.46 bits per heavy atom. The number of sulfone groups is 1. The highest BCUT2D eigenvalue weighted by atomic mass is 32.2. The van der Waals surface area contributed by atoms with Crippen LogP contribution in [-0.2, 0) is 26.1 Å². The van der Waals surface area contributed by atoms with Gasteiger partial charge in [0.05, 0.1) is 4.90 Å². The van der Waals surface area contributed by atoms with Crippen molar-refractivity contribution in [1.29, 1.82) is 0 Å². The number of hydrogen-bond acceptors (Lipinski definition) is 7. The van der Waals surface area contributed by atoms with Gasteiger partial charge in [0.2, 0.25) is 11.0 Å². The van der Waals surface area contributed by atoms with Gasteiger partial charge in [-0.2, -0.15) is 0 Å². The van der Waals surface area contributed by atoms with Gasteiger partial charge in [-0.15, -0.1) is 22.0 Å². The van der Waals surface area contributed by atoms with Crippen LogP contribution in [0.15, 0.2) is 59.5 Å². The van der Waals surface area contributed by atoms with E-state index >= 15 is 0 Å². The van der Waals surface area contributed by atoms with E-state index in [0.29, 0.717) is 10.9 Å². The van der Waals surface area contributed by atoms with Gasteiger partial charge < -0.3 is 0 Å². The number of aromatic nitrogens is 2. The molecular weight excluding hydrogens is 414 g/mol. The minimum absolute atomic E-state index is 0.128. The molecule has 1 aromatic heterocycles. The van der Waals surface area contributed by atoms with Crippen LogP contribution < -0.4 is 5.32 Å². The summed E-state index contributed by atoms with van der Waals surface area (Å²) in [6.45, 7) is 1.87. The molecule has 0 aliphatic heterocycles. The summed E-state index contributed by atoms with van der Waals surface area (Å²) in [6.07, 6.45) is 0. The van der Waals surface area contributed by atoms with Crippen LogP contribution in [0.4, 0.5) is 5.13 Å². The lowest BCUT2D eigenvalue weighted by Crippen LogP contribution is -2.23. The third-order valence-corrected chi connectivity index (χ3v) is 7.42. The van der Waals surface area contributed by atoms with Crippen LogP contribution in [-0.4, -0.2) is 30.3 Å².